The minimum Gasteiger partial charge on any atom is -0.378 e. The van der Waals surface area contributed by atoms with Crippen LogP contribution in [0.3, 0.4) is 0 Å². The van der Waals surface area contributed by atoms with Gasteiger partial charge in [0.15, 0.2) is 5.82 Å². The smallest absolute Gasteiger partial charge is 0.178 e. The van der Waals surface area contributed by atoms with Gasteiger partial charge in [0, 0.05) is 30.9 Å². The number of nitrogens with zero attached hydrogens (tertiary/aromatic N) is 5. The zero-order chi connectivity index (χ0) is 14.2. The summed E-state index contributed by atoms with van der Waals surface area (Å²) in [6.45, 7) is 3.46. The lowest BCUT2D eigenvalue weighted by Gasteiger charge is -2.20. The molecule has 1 aliphatic carbocycles. The number of rotatable bonds is 4. The summed E-state index contributed by atoms with van der Waals surface area (Å²) < 4.78 is 1.71. The molecular formula is C15H20N6. The first-order valence-corrected chi connectivity index (χ1v) is 7.63. The van der Waals surface area contributed by atoms with Crippen LogP contribution in [-0.4, -0.2) is 49.3 Å². The number of pyridine rings is 1. The molecule has 21 heavy (non-hydrogen) atoms. The van der Waals surface area contributed by atoms with Gasteiger partial charge in [0.1, 0.15) is 12.7 Å². The quantitative estimate of drug-likeness (QED) is 0.926. The van der Waals surface area contributed by atoms with Crippen molar-refractivity contribution < 1.29 is 0 Å². The molecule has 6 heteroatoms. The van der Waals surface area contributed by atoms with E-state index in [4.69, 9.17) is 0 Å². The van der Waals surface area contributed by atoms with Crippen LogP contribution in [0.5, 0.6) is 0 Å². The van der Waals surface area contributed by atoms with Crippen molar-refractivity contribution in [2.75, 3.05) is 11.9 Å². The van der Waals surface area contributed by atoms with Gasteiger partial charge in [-0.25, -0.2) is 14.6 Å². The fourth-order valence-electron chi connectivity index (χ4n) is 3.31. The summed E-state index contributed by atoms with van der Waals surface area (Å²) in [5, 5.41) is 7.83. The number of nitrogens with one attached hydrogen (secondary N) is 1. The van der Waals surface area contributed by atoms with Crippen molar-refractivity contribution in [1.29, 1.82) is 0 Å². The Morgan fingerprint density at radius 1 is 1.33 bits per heavy atom. The summed E-state index contributed by atoms with van der Waals surface area (Å²) in [6.07, 6.45) is 8.92. The van der Waals surface area contributed by atoms with E-state index < -0.39 is 0 Å². The fraction of sp³-hybridized carbons (Fsp3) is 0.533. The number of aromatic nitrogens is 4. The largest absolute Gasteiger partial charge is 0.378 e. The second-order valence-corrected chi connectivity index (χ2v) is 6.07. The average Bonchev–Trinajstić information content (AvgIpc) is 3.05. The molecule has 2 aliphatic rings. The number of anilines is 1. The van der Waals surface area contributed by atoms with E-state index in [1.54, 1.807) is 17.2 Å². The predicted octanol–water partition coefficient (Wildman–Crippen LogP) is 1.70. The summed E-state index contributed by atoms with van der Waals surface area (Å²) in [5.74, 6) is 0.813. The van der Waals surface area contributed by atoms with E-state index >= 15 is 0 Å². The van der Waals surface area contributed by atoms with E-state index in [2.05, 4.69) is 38.3 Å². The minimum absolute atomic E-state index is 0.479. The van der Waals surface area contributed by atoms with E-state index in [1.165, 1.54) is 25.6 Å². The van der Waals surface area contributed by atoms with Crippen molar-refractivity contribution in [3.63, 3.8) is 0 Å². The van der Waals surface area contributed by atoms with Crippen molar-refractivity contribution in [3.8, 4) is 5.82 Å². The number of hydrogen-bond acceptors (Lipinski definition) is 5. The van der Waals surface area contributed by atoms with E-state index in [9.17, 15) is 0 Å². The van der Waals surface area contributed by atoms with Gasteiger partial charge in [0.25, 0.3) is 0 Å². The minimum atomic E-state index is 0.479. The Balaban J connectivity index is 1.53. The third-order valence-electron chi connectivity index (χ3n) is 4.42. The molecule has 1 saturated heterocycles. The molecule has 3 heterocycles. The molecular weight excluding hydrogens is 264 g/mol. The molecule has 0 spiro atoms. The standard InChI is InChI=1S/C15H20N6/c1-11-7-12(8-20(11)13-4-5-13)19-14-3-2-6-17-15(14)21-10-16-9-18-21/h2-3,6,9-13,19H,4-5,7-8H2,1H3. The van der Waals surface area contributed by atoms with Gasteiger partial charge in [-0.05, 0) is 38.3 Å². The molecule has 0 amide bonds. The topological polar surface area (TPSA) is 58.9 Å². The molecule has 2 atom stereocenters. The van der Waals surface area contributed by atoms with Crippen LogP contribution in [0.4, 0.5) is 5.69 Å². The van der Waals surface area contributed by atoms with Gasteiger partial charge in [-0.2, -0.15) is 5.10 Å². The third-order valence-corrected chi connectivity index (χ3v) is 4.42. The van der Waals surface area contributed by atoms with Crippen LogP contribution in [0.25, 0.3) is 5.82 Å². The molecule has 2 aromatic rings. The first kappa shape index (κ1) is 12.8. The van der Waals surface area contributed by atoms with Crippen LogP contribution in [0.1, 0.15) is 26.2 Å². The molecule has 4 rings (SSSR count). The molecule has 0 bridgehead atoms. The van der Waals surface area contributed by atoms with Crippen LogP contribution < -0.4 is 5.32 Å². The van der Waals surface area contributed by atoms with Crippen molar-refractivity contribution in [3.05, 3.63) is 31.0 Å². The van der Waals surface area contributed by atoms with Gasteiger partial charge in [0.05, 0.1) is 5.69 Å². The second-order valence-electron chi connectivity index (χ2n) is 6.07. The van der Waals surface area contributed by atoms with Gasteiger partial charge >= 0.3 is 0 Å². The van der Waals surface area contributed by atoms with Gasteiger partial charge < -0.3 is 5.32 Å². The van der Waals surface area contributed by atoms with Crippen molar-refractivity contribution in [2.45, 2.75) is 44.3 Å². The summed E-state index contributed by atoms with van der Waals surface area (Å²) in [4.78, 5) is 11.1. The van der Waals surface area contributed by atoms with Crippen molar-refractivity contribution in [2.24, 2.45) is 0 Å². The molecule has 1 aliphatic heterocycles. The maximum Gasteiger partial charge on any atom is 0.178 e. The predicted molar refractivity (Wildman–Crippen MR) is 80.4 cm³/mol. The van der Waals surface area contributed by atoms with Crippen LogP contribution >= 0.6 is 0 Å². The van der Waals surface area contributed by atoms with Gasteiger partial charge in [-0.1, -0.05) is 0 Å². The normalized spacial score (nSPS) is 26.1. The molecule has 2 aromatic heterocycles. The van der Waals surface area contributed by atoms with Crippen LogP contribution in [0.2, 0.25) is 0 Å². The Morgan fingerprint density at radius 3 is 3.00 bits per heavy atom. The first-order valence-electron chi connectivity index (χ1n) is 7.63. The van der Waals surface area contributed by atoms with E-state index in [-0.39, 0.29) is 0 Å². The van der Waals surface area contributed by atoms with Gasteiger partial charge in [-0.15, -0.1) is 0 Å². The summed E-state index contributed by atoms with van der Waals surface area (Å²) in [5.41, 5.74) is 1.03. The maximum absolute atomic E-state index is 4.43. The Morgan fingerprint density at radius 2 is 2.24 bits per heavy atom. The zero-order valence-corrected chi connectivity index (χ0v) is 12.2. The van der Waals surface area contributed by atoms with Crippen molar-refractivity contribution in [1.82, 2.24) is 24.6 Å². The van der Waals surface area contributed by atoms with Gasteiger partial charge in [-0.3, -0.25) is 4.90 Å². The second kappa shape index (κ2) is 5.11. The Labute approximate surface area is 124 Å². The Kier molecular flexibility index (Phi) is 3.11. The summed E-state index contributed by atoms with van der Waals surface area (Å²) >= 11 is 0. The van der Waals surface area contributed by atoms with Crippen LogP contribution in [-0.2, 0) is 0 Å². The molecule has 0 radical (unpaired) electrons. The molecule has 2 unspecified atom stereocenters. The highest BCUT2D eigenvalue weighted by atomic mass is 15.4. The van der Waals surface area contributed by atoms with Crippen molar-refractivity contribution >= 4 is 5.69 Å². The molecule has 1 saturated carbocycles. The molecule has 6 nitrogen and oxygen atoms in total. The SMILES string of the molecule is CC1CC(Nc2cccnc2-n2cncn2)CN1C1CC1. The Bertz CT molecular complexity index is 606. The number of hydrogen-bond donors (Lipinski definition) is 1. The molecule has 1 N–H and O–H groups in total. The zero-order valence-electron chi connectivity index (χ0n) is 12.2. The van der Waals surface area contributed by atoms with Crippen LogP contribution in [0, 0.1) is 0 Å². The molecule has 2 fully saturated rings. The molecule has 0 aromatic carbocycles. The lowest BCUT2D eigenvalue weighted by Crippen LogP contribution is -2.31. The highest BCUT2D eigenvalue weighted by Crippen LogP contribution is 2.34. The van der Waals surface area contributed by atoms with E-state index in [1.807, 2.05) is 6.07 Å². The molecule has 110 valence electrons. The summed E-state index contributed by atoms with van der Waals surface area (Å²) in [7, 11) is 0. The fourth-order valence-corrected chi connectivity index (χ4v) is 3.31. The van der Waals surface area contributed by atoms with Gasteiger partial charge in [0.2, 0.25) is 0 Å². The summed E-state index contributed by atoms with van der Waals surface area (Å²) in [6, 6.07) is 6.00. The maximum atomic E-state index is 4.43. The third kappa shape index (κ3) is 2.51. The average molecular weight is 284 g/mol. The lowest BCUT2D eigenvalue weighted by molar-refractivity contribution is 0.257. The first-order chi connectivity index (χ1) is 10.3. The monoisotopic (exact) mass is 284 g/mol. The van der Waals surface area contributed by atoms with Crippen LogP contribution in [0.15, 0.2) is 31.0 Å². The Hall–Kier alpha value is -1.95. The van der Waals surface area contributed by atoms with E-state index in [0.717, 1.165) is 24.1 Å². The lowest BCUT2D eigenvalue weighted by atomic mass is 10.2. The van der Waals surface area contributed by atoms with E-state index in [0.29, 0.717) is 12.1 Å². The number of likely N-dealkylation sites (tertiary alicyclic amines) is 1. The highest BCUT2D eigenvalue weighted by molar-refractivity contribution is 5.56. The highest BCUT2D eigenvalue weighted by Gasteiger charge is 2.38.